The molecule has 0 spiro atoms. The van der Waals surface area contributed by atoms with Crippen LogP contribution in [0, 0.1) is 0 Å². The van der Waals surface area contributed by atoms with Crippen molar-refractivity contribution in [2.24, 2.45) is 0 Å². The fourth-order valence-electron chi connectivity index (χ4n) is 1.92. The third-order valence-corrected chi connectivity index (χ3v) is 2.87. The van der Waals surface area contributed by atoms with Crippen molar-refractivity contribution in [3.8, 4) is 0 Å². The first-order valence-corrected chi connectivity index (χ1v) is 5.50. The first kappa shape index (κ1) is 11.4. The maximum absolute atomic E-state index is 11.8. The van der Waals surface area contributed by atoms with Crippen molar-refractivity contribution < 1.29 is 9.90 Å². The van der Waals surface area contributed by atoms with Gasteiger partial charge in [-0.05, 0) is 12.1 Å². The van der Waals surface area contributed by atoms with Gasteiger partial charge < -0.3 is 14.9 Å². The summed E-state index contributed by atoms with van der Waals surface area (Å²) < 4.78 is 0. The Morgan fingerprint density at radius 3 is 2.35 bits per heavy atom. The Bertz CT molecular complexity index is 467. The van der Waals surface area contributed by atoms with Crippen LogP contribution >= 0.6 is 0 Å². The number of piperazine rings is 1. The summed E-state index contributed by atoms with van der Waals surface area (Å²) in [7, 11) is 0. The van der Waals surface area contributed by atoms with Crippen LogP contribution in [0.3, 0.4) is 0 Å². The highest BCUT2D eigenvalue weighted by Crippen LogP contribution is 2.10. The molecule has 1 N–H and O–H groups in total. The molecule has 1 aliphatic rings. The lowest BCUT2D eigenvalue weighted by Gasteiger charge is -2.33. The van der Waals surface area contributed by atoms with Crippen LogP contribution in [0.15, 0.2) is 35.1 Å². The maximum atomic E-state index is 11.8. The molecule has 0 aromatic heterocycles. The molecule has 0 bridgehead atoms. The number of amides is 1. The zero-order valence-corrected chi connectivity index (χ0v) is 9.37. The Kier molecular flexibility index (Phi) is 3.27. The van der Waals surface area contributed by atoms with E-state index in [1.165, 1.54) is 11.0 Å². The van der Waals surface area contributed by atoms with Crippen LogP contribution in [0.25, 0.3) is 0 Å². The Morgan fingerprint density at radius 1 is 1.06 bits per heavy atom. The largest absolute Gasteiger partial charge is 0.465 e. The second kappa shape index (κ2) is 4.86. The summed E-state index contributed by atoms with van der Waals surface area (Å²) in [5.41, 5.74) is 0.610. The summed E-state index contributed by atoms with van der Waals surface area (Å²) in [6.07, 6.45) is -0.898. The van der Waals surface area contributed by atoms with E-state index in [1.54, 1.807) is 18.2 Å². The topological polar surface area (TPSA) is 60.9 Å². The smallest absolute Gasteiger partial charge is 0.407 e. The van der Waals surface area contributed by atoms with Crippen molar-refractivity contribution in [2.45, 2.75) is 0 Å². The van der Waals surface area contributed by atoms with Crippen LogP contribution in [0.2, 0.25) is 0 Å². The highest BCUT2D eigenvalue weighted by Gasteiger charge is 2.21. The van der Waals surface area contributed by atoms with Gasteiger partial charge in [0.05, 0.1) is 5.69 Å². The summed E-state index contributed by atoms with van der Waals surface area (Å²) >= 11 is 0. The molecule has 5 heteroatoms. The quantitative estimate of drug-likeness (QED) is 0.782. The highest BCUT2D eigenvalue weighted by molar-refractivity contribution is 5.65. The summed E-state index contributed by atoms with van der Waals surface area (Å²) in [5.74, 6) is 0. The third kappa shape index (κ3) is 2.55. The summed E-state index contributed by atoms with van der Waals surface area (Å²) in [5, 5.41) is 8.84. The maximum Gasteiger partial charge on any atom is 0.407 e. The molecule has 0 aliphatic carbocycles. The van der Waals surface area contributed by atoms with Gasteiger partial charge in [-0.3, -0.25) is 4.79 Å². The Hall–Kier alpha value is -2.04. The first-order valence-electron chi connectivity index (χ1n) is 5.50. The van der Waals surface area contributed by atoms with Crippen molar-refractivity contribution in [3.63, 3.8) is 0 Å². The van der Waals surface area contributed by atoms with Crippen LogP contribution in [-0.4, -0.2) is 42.3 Å². The third-order valence-electron chi connectivity index (χ3n) is 2.87. The SMILES string of the molecule is O=C(O)N1CCN(c2cccccc2=O)CC1. The van der Waals surface area contributed by atoms with Crippen molar-refractivity contribution in [2.75, 3.05) is 31.1 Å². The number of hydrogen-bond donors (Lipinski definition) is 1. The Morgan fingerprint density at radius 2 is 1.71 bits per heavy atom. The van der Waals surface area contributed by atoms with E-state index in [9.17, 15) is 9.59 Å². The highest BCUT2D eigenvalue weighted by atomic mass is 16.4. The molecule has 0 unspecified atom stereocenters. The average Bonchev–Trinajstić information content (AvgIpc) is 2.54. The molecule has 5 nitrogen and oxygen atoms in total. The van der Waals surface area contributed by atoms with Crippen LogP contribution in [0.5, 0.6) is 0 Å². The summed E-state index contributed by atoms with van der Waals surface area (Å²) in [4.78, 5) is 25.8. The number of anilines is 1. The van der Waals surface area contributed by atoms with Gasteiger partial charge in [0.2, 0.25) is 5.43 Å². The van der Waals surface area contributed by atoms with E-state index in [2.05, 4.69) is 0 Å². The van der Waals surface area contributed by atoms with Crippen molar-refractivity contribution in [1.29, 1.82) is 0 Å². The lowest BCUT2D eigenvalue weighted by Crippen LogP contribution is -2.49. The molecule has 17 heavy (non-hydrogen) atoms. The minimum Gasteiger partial charge on any atom is -0.465 e. The number of nitrogens with zero attached hydrogens (tertiary/aromatic N) is 2. The predicted octanol–water partition coefficient (Wildman–Crippen LogP) is 0.847. The van der Waals surface area contributed by atoms with E-state index in [0.717, 1.165) is 0 Å². The minimum absolute atomic E-state index is 0.0289. The second-order valence-electron chi connectivity index (χ2n) is 3.92. The van der Waals surface area contributed by atoms with E-state index < -0.39 is 6.09 Å². The molecule has 1 aromatic rings. The van der Waals surface area contributed by atoms with Crippen LogP contribution in [-0.2, 0) is 0 Å². The van der Waals surface area contributed by atoms with E-state index in [0.29, 0.717) is 31.9 Å². The van der Waals surface area contributed by atoms with Gasteiger partial charge in [0.15, 0.2) is 0 Å². The molecule has 1 fully saturated rings. The zero-order chi connectivity index (χ0) is 12.3. The average molecular weight is 234 g/mol. The Labute approximate surface area is 98.9 Å². The number of carboxylic acid groups (broad SMARTS) is 1. The van der Waals surface area contributed by atoms with E-state index in [-0.39, 0.29) is 5.43 Å². The van der Waals surface area contributed by atoms with Crippen molar-refractivity contribution in [1.82, 2.24) is 4.90 Å². The number of carbonyl (C=O) groups is 1. The summed E-state index contributed by atoms with van der Waals surface area (Å²) in [6, 6.07) is 8.63. The van der Waals surface area contributed by atoms with Crippen molar-refractivity contribution >= 4 is 11.8 Å². The molecule has 90 valence electrons. The van der Waals surface area contributed by atoms with Gasteiger partial charge in [-0.15, -0.1) is 0 Å². The minimum atomic E-state index is -0.898. The molecule has 1 amide bonds. The monoisotopic (exact) mass is 234 g/mol. The standard InChI is InChI=1S/C12H14N2O3/c15-11-5-3-1-2-4-10(11)13-6-8-14(9-7-13)12(16)17/h1-5H,6-9H2,(H,16,17). The van der Waals surface area contributed by atoms with Gasteiger partial charge in [-0.25, -0.2) is 4.79 Å². The van der Waals surface area contributed by atoms with E-state index >= 15 is 0 Å². The second-order valence-corrected chi connectivity index (χ2v) is 3.92. The first-order chi connectivity index (χ1) is 8.18. The van der Waals surface area contributed by atoms with Crippen LogP contribution < -0.4 is 10.3 Å². The van der Waals surface area contributed by atoms with Crippen LogP contribution in [0.1, 0.15) is 0 Å². The van der Waals surface area contributed by atoms with Gasteiger partial charge in [0, 0.05) is 26.2 Å². The lowest BCUT2D eigenvalue weighted by molar-refractivity contribution is 0.142. The molecule has 0 saturated carbocycles. The molecular weight excluding hydrogens is 220 g/mol. The van der Waals surface area contributed by atoms with Gasteiger partial charge in [-0.2, -0.15) is 0 Å². The van der Waals surface area contributed by atoms with Crippen molar-refractivity contribution in [3.05, 3.63) is 40.6 Å². The molecular formula is C12H14N2O3. The molecule has 1 saturated heterocycles. The van der Waals surface area contributed by atoms with Crippen LogP contribution in [0.4, 0.5) is 10.5 Å². The molecule has 1 aliphatic heterocycles. The van der Waals surface area contributed by atoms with Gasteiger partial charge in [0.1, 0.15) is 0 Å². The molecule has 2 rings (SSSR count). The normalized spacial score (nSPS) is 15.8. The fraction of sp³-hybridized carbons (Fsp3) is 0.333. The fourth-order valence-corrected chi connectivity index (χ4v) is 1.92. The Balaban J connectivity index is 2.14. The molecule has 1 aromatic carbocycles. The predicted molar refractivity (Wildman–Crippen MR) is 64.5 cm³/mol. The summed E-state index contributed by atoms with van der Waals surface area (Å²) in [6.45, 7) is 2.00. The van der Waals surface area contributed by atoms with Gasteiger partial charge in [0.25, 0.3) is 0 Å². The van der Waals surface area contributed by atoms with E-state index in [4.69, 9.17) is 5.11 Å². The zero-order valence-electron chi connectivity index (χ0n) is 9.37. The molecule has 0 radical (unpaired) electrons. The molecule has 0 atom stereocenters. The molecule has 1 heterocycles. The number of hydrogen-bond acceptors (Lipinski definition) is 3. The van der Waals surface area contributed by atoms with Gasteiger partial charge >= 0.3 is 6.09 Å². The number of rotatable bonds is 1. The lowest BCUT2D eigenvalue weighted by atomic mass is 10.3. The van der Waals surface area contributed by atoms with Gasteiger partial charge in [-0.1, -0.05) is 18.2 Å². The van der Waals surface area contributed by atoms with E-state index in [1.807, 2.05) is 11.0 Å².